The second-order valence-electron chi connectivity index (χ2n) is 6.23. The van der Waals surface area contributed by atoms with E-state index in [-0.39, 0.29) is 17.5 Å². The number of nitrogens with one attached hydrogen (secondary N) is 3. The zero-order valence-electron chi connectivity index (χ0n) is 14.6. The minimum Gasteiger partial charge on any atom is -0.308 e. The number of rotatable bonds is 4. The maximum atomic E-state index is 12.3. The topological polar surface area (TPSA) is 119 Å². The smallest absolute Gasteiger partial charge is 0.308 e. The van der Waals surface area contributed by atoms with Crippen LogP contribution in [0.1, 0.15) is 12.8 Å². The van der Waals surface area contributed by atoms with Crippen molar-refractivity contribution >= 4 is 29.1 Å². The number of amides is 3. The first-order valence-corrected chi connectivity index (χ1v) is 8.61. The summed E-state index contributed by atoms with van der Waals surface area (Å²) in [6.07, 6.45) is 2.64. The predicted octanol–water partition coefficient (Wildman–Crippen LogP) is 1.97. The Morgan fingerprint density at radius 1 is 1.11 bits per heavy atom. The Bertz CT molecular complexity index is 835. The number of para-hydroxylation sites is 1. The van der Waals surface area contributed by atoms with Crippen LogP contribution in [-0.2, 0) is 4.79 Å². The first-order valence-electron chi connectivity index (χ1n) is 8.61. The molecular weight excluding hydrogens is 350 g/mol. The minimum atomic E-state index is -0.569. The zero-order valence-corrected chi connectivity index (χ0v) is 14.6. The summed E-state index contributed by atoms with van der Waals surface area (Å²) in [6, 6.07) is 11.3. The molecule has 0 saturated carbocycles. The van der Waals surface area contributed by atoms with Crippen LogP contribution in [0.15, 0.2) is 48.7 Å². The van der Waals surface area contributed by atoms with Gasteiger partial charge in [-0.3, -0.25) is 25.1 Å². The van der Waals surface area contributed by atoms with Gasteiger partial charge in [0.05, 0.1) is 24.2 Å². The molecule has 1 aromatic heterocycles. The molecule has 1 saturated heterocycles. The van der Waals surface area contributed by atoms with Crippen molar-refractivity contribution in [2.75, 3.05) is 23.3 Å². The molecule has 0 radical (unpaired) electrons. The normalized spacial score (nSPS) is 14.4. The van der Waals surface area contributed by atoms with E-state index >= 15 is 0 Å². The lowest BCUT2D eigenvalue weighted by atomic mass is 9.96. The maximum Gasteiger partial charge on any atom is 0.357 e. The van der Waals surface area contributed by atoms with Gasteiger partial charge in [0, 0.05) is 17.7 Å². The van der Waals surface area contributed by atoms with Crippen LogP contribution < -0.4 is 20.5 Å². The largest absolute Gasteiger partial charge is 0.357 e. The minimum absolute atomic E-state index is 0.00244. The molecule has 9 nitrogen and oxygen atoms in total. The molecule has 3 rings (SSSR count). The maximum absolute atomic E-state index is 12.3. The molecule has 9 heteroatoms. The van der Waals surface area contributed by atoms with Gasteiger partial charge in [-0.1, -0.05) is 18.2 Å². The third-order valence-electron chi connectivity index (χ3n) is 4.46. The van der Waals surface area contributed by atoms with Gasteiger partial charge >= 0.3 is 17.5 Å². The van der Waals surface area contributed by atoms with Gasteiger partial charge in [0.15, 0.2) is 0 Å². The van der Waals surface area contributed by atoms with Gasteiger partial charge in [0.2, 0.25) is 5.91 Å². The molecular formula is C18H20N5O4+. The molecule has 1 aliphatic rings. The average molecular weight is 370 g/mol. The van der Waals surface area contributed by atoms with E-state index in [0.29, 0.717) is 37.4 Å². The number of imide groups is 1. The molecule has 1 aliphatic heterocycles. The van der Waals surface area contributed by atoms with Crippen LogP contribution in [0.3, 0.4) is 0 Å². The summed E-state index contributed by atoms with van der Waals surface area (Å²) < 4.78 is 0. The van der Waals surface area contributed by atoms with Crippen LogP contribution in [0, 0.1) is 16.0 Å². The van der Waals surface area contributed by atoms with Crippen molar-refractivity contribution in [2.24, 2.45) is 5.92 Å². The van der Waals surface area contributed by atoms with Gasteiger partial charge in [-0.05, 0) is 31.0 Å². The van der Waals surface area contributed by atoms with Crippen LogP contribution in [0.5, 0.6) is 0 Å². The van der Waals surface area contributed by atoms with Crippen molar-refractivity contribution in [1.29, 1.82) is 0 Å². The van der Waals surface area contributed by atoms with E-state index in [4.69, 9.17) is 0 Å². The summed E-state index contributed by atoms with van der Waals surface area (Å²) in [6.45, 7) is 0.972. The number of hydrogen-bond donors (Lipinski definition) is 2. The predicted molar refractivity (Wildman–Crippen MR) is 98.2 cm³/mol. The van der Waals surface area contributed by atoms with E-state index in [9.17, 15) is 19.7 Å². The number of anilines is 2. The molecule has 0 aliphatic carbocycles. The average Bonchev–Trinajstić information content (AvgIpc) is 2.68. The van der Waals surface area contributed by atoms with Crippen LogP contribution in [-0.4, -0.2) is 30.0 Å². The number of aromatic amines is 1. The van der Waals surface area contributed by atoms with Gasteiger partial charge in [-0.2, -0.15) is 0 Å². The number of carbonyl (C=O) groups is 2. The number of nitro groups is 1. The van der Waals surface area contributed by atoms with Crippen molar-refractivity contribution in [3.63, 3.8) is 0 Å². The standard InChI is InChI=1S/C18H19N5O4/c24-17(21-18(25)20-14-5-2-1-3-6-14)13-8-11-22(12-9-13)16-15(23(26)27)7-4-10-19-16/h1-7,10,13H,8-9,11-12H2,(H2,20,21,24,25)/p+1. The van der Waals surface area contributed by atoms with Gasteiger partial charge in [0.25, 0.3) is 0 Å². The Morgan fingerprint density at radius 2 is 1.81 bits per heavy atom. The Morgan fingerprint density at radius 3 is 2.48 bits per heavy atom. The van der Waals surface area contributed by atoms with Crippen molar-refractivity contribution < 1.29 is 19.5 Å². The highest BCUT2D eigenvalue weighted by atomic mass is 16.6. The Balaban J connectivity index is 1.54. The fourth-order valence-corrected chi connectivity index (χ4v) is 3.08. The van der Waals surface area contributed by atoms with Gasteiger partial charge < -0.3 is 5.32 Å². The Kier molecular flexibility index (Phi) is 5.60. The molecule has 0 unspecified atom stereocenters. The van der Waals surface area contributed by atoms with Crippen LogP contribution in [0.25, 0.3) is 0 Å². The zero-order chi connectivity index (χ0) is 19.2. The van der Waals surface area contributed by atoms with E-state index in [2.05, 4.69) is 15.6 Å². The highest BCUT2D eigenvalue weighted by molar-refractivity contribution is 6.01. The molecule has 2 aromatic rings. The summed E-state index contributed by atoms with van der Waals surface area (Å²) in [5.41, 5.74) is 0.604. The molecule has 1 fully saturated rings. The molecule has 0 spiro atoms. The number of nitrogens with zero attached hydrogens (tertiary/aromatic N) is 2. The fourth-order valence-electron chi connectivity index (χ4n) is 3.08. The van der Waals surface area contributed by atoms with Gasteiger partial charge in [-0.15, -0.1) is 0 Å². The second kappa shape index (κ2) is 8.26. The molecule has 27 heavy (non-hydrogen) atoms. The van der Waals surface area contributed by atoms with E-state index in [1.807, 2.05) is 11.0 Å². The Hall–Kier alpha value is -3.49. The molecule has 0 atom stereocenters. The summed E-state index contributed by atoms with van der Waals surface area (Å²) >= 11 is 0. The first kappa shape index (κ1) is 18.3. The molecule has 2 heterocycles. The number of H-pyrrole nitrogens is 1. The molecule has 3 amide bonds. The first-order chi connectivity index (χ1) is 13.0. The second-order valence-corrected chi connectivity index (χ2v) is 6.23. The van der Waals surface area contributed by atoms with Gasteiger partial charge in [0.1, 0.15) is 0 Å². The lowest BCUT2D eigenvalue weighted by Gasteiger charge is -2.26. The van der Waals surface area contributed by atoms with Crippen molar-refractivity contribution in [3.05, 3.63) is 58.8 Å². The van der Waals surface area contributed by atoms with Crippen molar-refractivity contribution in [2.45, 2.75) is 12.8 Å². The van der Waals surface area contributed by atoms with Crippen molar-refractivity contribution in [1.82, 2.24) is 5.32 Å². The summed E-state index contributed by atoms with van der Waals surface area (Å²) in [4.78, 5) is 39.7. The number of carbonyl (C=O) groups excluding carboxylic acids is 2. The molecule has 0 bridgehead atoms. The SMILES string of the molecule is O=C(NC(=O)C1CCN(c2[nH+]cccc2[N+](=O)[O-])CC1)Nc1ccccc1. The number of piperidine rings is 1. The molecule has 3 N–H and O–H groups in total. The number of benzene rings is 1. The van der Waals surface area contributed by atoms with Gasteiger partial charge in [-0.25, -0.2) is 9.78 Å². The molecule has 140 valence electrons. The van der Waals surface area contributed by atoms with Crippen molar-refractivity contribution in [3.8, 4) is 0 Å². The lowest BCUT2D eigenvalue weighted by molar-refractivity contribution is -0.411. The van der Waals surface area contributed by atoms with Crippen LogP contribution in [0.2, 0.25) is 0 Å². The summed E-state index contributed by atoms with van der Waals surface area (Å²) in [5.74, 6) is -0.219. The number of urea groups is 1. The van der Waals surface area contributed by atoms with Crippen LogP contribution >= 0.6 is 0 Å². The highest BCUT2D eigenvalue weighted by Gasteiger charge is 2.34. The van der Waals surface area contributed by atoms with E-state index in [1.54, 1.807) is 36.5 Å². The molecule has 1 aromatic carbocycles. The summed E-state index contributed by atoms with van der Waals surface area (Å²) in [5, 5.41) is 16.1. The van der Waals surface area contributed by atoms with E-state index in [0.717, 1.165) is 0 Å². The monoisotopic (exact) mass is 370 g/mol. The summed E-state index contributed by atoms with van der Waals surface area (Å²) in [7, 11) is 0. The lowest BCUT2D eigenvalue weighted by Crippen LogP contribution is -2.44. The highest BCUT2D eigenvalue weighted by Crippen LogP contribution is 2.27. The fraction of sp³-hybridized carbons (Fsp3) is 0.278. The number of aromatic nitrogens is 1. The third kappa shape index (κ3) is 4.57. The van der Waals surface area contributed by atoms with E-state index < -0.39 is 11.0 Å². The third-order valence-corrected chi connectivity index (χ3v) is 4.46. The number of hydrogen-bond acceptors (Lipinski definition) is 5. The quantitative estimate of drug-likeness (QED) is 0.630. The van der Waals surface area contributed by atoms with E-state index in [1.165, 1.54) is 6.07 Å². The van der Waals surface area contributed by atoms with Crippen LogP contribution in [0.4, 0.5) is 22.0 Å². The Labute approximate surface area is 155 Å². The number of pyridine rings is 1.